The second-order valence-corrected chi connectivity index (χ2v) is 7.73. The average Bonchev–Trinajstić information content (AvgIpc) is 2.85. The van der Waals surface area contributed by atoms with E-state index in [1.807, 2.05) is 0 Å². The second-order valence-electron chi connectivity index (χ2n) is 7.73. The summed E-state index contributed by atoms with van der Waals surface area (Å²) in [4.78, 5) is 70.0. The summed E-state index contributed by atoms with van der Waals surface area (Å²) < 4.78 is 0. The number of H-pyrrole nitrogens is 1. The monoisotopic (exact) mass is 531 g/mol. The van der Waals surface area contributed by atoms with E-state index < -0.39 is 41.5 Å². The highest BCUT2D eigenvalue weighted by atomic mass is 16.4. The molecule has 0 radical (unpaired) electrons. The maximum Gasteiger partial charge on any atom is 0.332 e. The Hall–Kier alpha value is -5.12. The van der Waals surface area contributed by atoms with Crippen LogP contribution in [0.25, 0.3) is 11.2 Å². The standard InChI is InChI=1S/C19H19N7O6.C3H6O3/c20-19-25-15-14(17(30)26-19)23-11(8-22-15)7-21-10-3-1-9(2-4-10)16(29)24-12(18(31)32)5-6-13(27)28;1-2(4)3(5)6/h1-4,8,12,21H,5-7H2,(H,24,29)(H,27,28)(H,31,32)(H3,20,22,25,26,30);2,4H,1H3,(H,5,6)/t12-;/m0./s1. The van der Waals surface area contributed by atoms with E-state index >= 15 is 0 Å². The Morgan fingerprint density at radius 3 is 2.24 bits per heavy atom. The van der Waals surface area contributed by atoms with Gasteiger partial charge in [-0.25, -0.2) is 19.6 Å². The Morgan fingerprint density at radius 1 is 1.05 bits per heavy atom. The number of nitrogens with zero attached hydrogens (tertiary/aromatic N) is 3. The lowest BCUT2D eigenvalue weighted by Crippen LogP contribution is -2.41. The van der Waals surface area contributed by atoms with Gasteiger partial charge in [0.1, 0.15) is 12.1 Å². The fraction of sp³-hybridized carbons (Fsp3) is 0.273. The zero-order valence-electron chi connectivity index (χ0n) is 19.9. The normalized spacial score (nSPS) is 11.9. The molecule has 0 bridgehead atoms. The molecule has 0 aliphatic rings. The van der Waals surface area contributed by atoms with Crippen LogP contribution in [0.5, 0.6) is 0 Å². The number of carbonyl (C=O) groups excluding carboxylic acids is 1. The quantitative estimate of drug-likeness (QED) is 0.162. The van der Waals surface area contributed by atoms with Gasteiger partial charge in [-0.15, -0.1) is 0 Å². The summed E-state index contributed by atoms with van der Waals surface area (Å²) in [7, 11) is 0. The van der Waals surface area contributed by atoms with Crippen LogP contribution in [0.1, 0.15) is 35.8 Å². The molecule has 9 N–H and O–H groups in total. The van der Waals surface area contributed by atoms with Gasteiger partial charge in [0, 0.05) is 17.7 Å². The molecule has 1 unspecified atom stereocenters. The van der Waals surface area contributed by atoms with Gasteiger partial charge in [0.15, 0.2) is 11.2 Å². The number of aromatic amines is 1. The zero-order chi connectivity index (χ0) is 28.4. The molecule has 2 aromatic heterocycles. The lowest BCUT2D eigenvalue weighted by Gasteiger charge is -2.14. The van der Waals surface area contributed by atoms with Crippen molar-refractivity contribution < 1.29 is 39.6 Å². The van der Waals surface area contributed by atoms with Crippen molar-refractivity contribution in [2.24, 2.45) is 0 Å². The number of hydrogen-bond acceptors (Lipinski definition) is 11. The number of aliphatic hydroxyl groups excluding tert-OH is 1. The first-order valence-electron chi connectivity index (χ1n) is 10.9. The van der Waals surface area contributed by atoms with E-state index in [0.717, 1.165) is 0 Å². The predicted molar refractivity (Wildman–Crippen MR) is 131 cm³/mol. The van der Waals surface area contributed by atoms with Crippen LogP contribution in [0.15, 0.2) is 35.3 Å². The van der Waals surface area contributed by atoms with Crippen LogP contribution >= 0.6 is 0 Å². The third kappa shape index (κ3) is 8.83. The minimum atomic E-state index is -1.31. The van der Waals surface area contributed by atoms with Gasteiger partial charge in [0.25, 0.3) is 11.5 Å². The number of anilines is 2. The number of nitrogens with one attached hydrogen (secondary N) is 3. The molecule has 1 aromatic carbocycles. The summed E-state index contributed by atoms with van der Waals surface area (Å²) in [5, 5.41) is 39.0. The number of aromatic nitrogens is 4. The number of rotatable bonds is 10. The second kappa shape index (κ2) is 13.3. The van der Waals surface area contributed by atoms with Crippen molar-refractivity contribution in [3.63, 3.8) is 0 Å². The molecule has 3 rings (SSSR count). The van der Waals surface area contributed by atoms with Crippen LogP contribution in [-0.4, -0.2) is 76.3 Å². The van der Waals surface area contributed by atoms with E-state index in [0.29, 0.717) is 11.4 Å². The molecule has 0 saturated heterocycles. The number of carboxylic acid groups (broad SMARTS) is 3. The van der Waals surface area contributed by atoms with E-state index in [1.165, 1.54) is 25.3 Å². The maximum atomic E-state index is 12.3. The topological polar surface area (TPSA) is 271 Å². The van der Waals surface area contributed by atoms with Crippen LogP contribution in [-0.2, 0) is 20.9 Å². The van der Waals surface area contributed by atoms with Crippen molar-refractivity contribution >= 4 is 46.6 Å². The third-order valence-electron chi connectivity index (χ3n) is 4.71. The summed E-state index contributed by atoms with van der Waals surface area (Å²) >= 11 is 0. The fourth-order valence-electron chi connectivity index (χ4n) is 2.75. The highest BCUT2D eigenvalue weighted by molar-refractivity contribution is 5.97. The Balaban J connectivity index is 0.000000757. The number of nitrogens with two attached hydrogens (primary N) is 1. The Kier molecular flexibility index (Phi) is 10.2. The minimum Gasteiger partial charge on any atom is -0.481 e. The Bertz CT molecular complexity index is 1370. The number of carbonyl (C=O) groups is 4. The predicted octanol–water partition coefficient (Wildman–Crippen LogP) is -0.593. The molecule has 0 aliphatic carbocycles. The van der Waals surface area contributed by atoms with E-state index in [2.05, 4.69) is 30.6 Å². The van der Waals surface area contributed by atoms with Gasteiger partial charge in [-0.05, 0) is 37.6 Å². The van der Waals surface area contributed by atoms with Gasteiger partial charge in [0.2, 0.25) is 5.95 Å². The van der Waals surface area contributed by atoms with Crippen LogP contribution < -0.4 is 21.9 Å². The smallest absolute Gasteiger partial charge is 0.332 e. The summed E-state index contributed by atoms with van der Waals surface area (Å²) in [6.07, 6.45) is -0.391. The summed E-state index contributed by atoms with van der Waals surface area (Å²) in [5.41, 5.74) is 6.47. The largest absolute Gasteiger partial charge is 0.481 e. The van der Waals surface area contributed by atoms with E-state index in [-0.39, 0.29) is 42.1 Å². The molecule has 0 saturated carbocycles. The number of benzene rings is 1. The number of carboxylic acids is 3. The Morgan fingerprint density at radius 2 is 1.68 bits per heavy atom. The molecule has 1 amide bonds. The van der Waals surface area contributed by atoms with Crippen LogP contribution in [0.2, 0.25) is 0 Å². The number of aliphatic carboxylic acids is 3. The van der Waals surface area contributed by atoms with E-state index in [1.54, 1.807) is 12.1 Å². The first-order chi connectivity index (χ1) is 17.9. The SMILES string of the molecule is CC(O)C(=O)O.Nc1nc2ncc(CNc3ccc(C(=O)N[C@@H](CCC(=O)O)C(=O)O)cc3)nc2c(=O)[nH]1. The number of hydrogen-bond donors (Lipinski definition) is 8. The molecule has 16 nitrogen and oxygen atoms in total. The Labute approximate surface area is 213 Å². The molecule has 3 aromatic rings. The van der Waals surface area contributed by atoms with E-state index in [4.69, 9.17) is 26.2 Å². The van der Waals surface area contributed by atoms with Crippen molar-refractivity contribution in [2.75, 3.05) is 11.1 Å². The number of amides is 1. The lowest BCUT2D eigenvalue weighted by atomic mass is 10.1. The number of aliphatic hydroxyl groups is 1. The van der Waals surface area contributed by atoms with E-state index in [9.17, 15) is 24.0 Å². The molecule has 2 heterocycles. The highest BCUT2D eigenvalue weighted by Crippen LogP contribution is 2.12. The van der Waals surface area contributed by atoms with Crippen molar-refractivity contribution in [2.45, 2.75) is 38.5 Å². The van der Waals surface area contributed by atoms with Gasteiger partial charge in [-0.1, -0.05) is 0 Å². The van der Waals surface area contributed by atoms with Crippen molar-refractivity contribution in [3.8, 4) is 0 Å². The van der Waals surface area contributed by atoms with Crippen LogP contribution in [0, 0.1) is 0 Å². The van der Waals surface area contributed by atoms with Gasteiger partial charge in [-0.3, -0.25) is 19.4 Å². The zero-order valence-corrected chi connectivity index (χ0v) is 19.9. The molecule has 0 spiro atoms. The lowest BCUT2D eigenvalue weighted by molar-refractivity contribution is -0.145. The number of nitrogen functional groups attached to an aromatic ring is 1. The van der Waals surface area contributed by atoms with Gasteiger partial charge < -0.3 is 36.8 Å². The van der Waals surface area contributed by atoms with Crippen molar-refractivity contribution in [3.05, 3.63) is 52.1 Å². The summed E-state index contributed by atoms with van der Waals surface area (Å²) in [5.74, 6) is -4.34. The van der Waals surface area contributed by atoms with Gasteiger partial charge >= 0.3 is 17.9 Å². The third-order valence-corrected chi connectivity index (χ3v) is 4.71. The van der Waals surface area contributed by atoms with Crippen LogP contribution in [0.4, 0.5) is 11.6 Å². The molecule has 16 heteroatoms. The van der Waals surface area contributed by atoms with Crippen LogP contribution in [0.3, 0.4) is 0 Å². The van der Waals surface area contributed by atoms with Gasteiger partial charge in [0.05, 0.1) is 18.4 Å². The molecule has 202 valence electrons. The molecule has 0 aliphatic heterocycles. The molecular weight excluding hydrogens is 506 g/mol. The molecular formula is C22H25N7O9. The van der Waals surface area contributed by atoms with Crippen molar-refractivity contribution in [1.29, 1.82) is 0 Å². The summed E-state index contributed by atoms with van der Waals surface area (Å²) in [6.45, 7) is 1.43. The van der Waals surface area contributed by atoms with Crippen molar-refractivity contribution in [1.82, 2.24) is 25.3 Å². The molecule has 38 heavy (non-hydrogen) atoms. The first kappa shape index (κ1) is 29.1. The maximum absolute atomic E-state index is 12.3. The van der Waals surface area contributed by atoms with Gasteiger partial charge in [-0.2, -0.15) is 4.98 Å². The number of fused-ring (bicyclic) bond motifs is 1. The first-order valence-corrected chi connectivity index (χ1v) is 10.9. The average molecular weight is 531 g/mol. The highest BCUT2D eigenvalue weighted by Gasteiger charge is 2.21. The fourth-order valence-corrected chi connectivity index (χ4v) is 2.75. The summed E-state index contributed by atoms with van der Waals surface area (Å²) in [6, 6.07) is 4.86. The molecule has 0 fully saturated rings. The molecule has 2 atom stereocenters. The minimum absolute atomic E-state index is 0.0524.